The van der Waals surface area contributed by atoms with Crippen LogP contribution in [0.3, 0.4) is 0 Å². The lowest BCUT2D eigenvalue weighted by Gasteiger charge is -2.38. The van der Waals surface area contributed by atoms with Crippen LogP contribution in [-0.2, 0) is 13.0 Å². The predicted molar refractivity (Wildman–Crippen MR) is 164 cm³/mol. The summed E-state index contributed by atoms with van der Waals surface area (Å²) in [6, 6.07) is 21.8. The van der Waals surface area contributed by atoms with Crippen molar-refractivity contribution in [2.45, 2.75) is 51.5 Å². The van der Waals surface area contributed by atoms with Crippen LogP contribution >= 0.6 is 10.8 Å². The molecule has 1 heterocycles. The van der Waals surface area contributed by atoms with Crippen LogP contribution in [-0.4, -0.2) is 64.3 Å². The Morgan fingerprint density at radius 2 is 1.76 bits per heavy atom. The maximum atomic E-state index is 13.6. The molecule has 0 aliphatic carbocycles. The number of nitrogens with zero attached hydrogens (tertiary/aromatic N) is 1. The van der Waals surface area contributed by atoms with Crippen molar-refractivity contribution in [2.75, 3.05) is 30.3 Å². The summed E-state index contributed by atoms with van der Waals surface area (Å²) in [7, 11) is -1.33. The highest BCUT2D eigenvalue weighted by atomic mass is 32.3. The molecule has 3 aromatic rings. The summed E-state index contributed by atoms with van der Waals surface area (Å²) in [6.07, 6.45) is 0.0528. The summed E-state index contributed by atoms with van der Waals surface area (Å²) in [5, 5.41) is 17.5. The van der Waals surface area contributed by atoms with E-state index < -0.39 is 22.9 Å². The van der Waals surface area contributed by atoms with Crippen molar-refractivity contribution in [1.82, 2.24) is 10.6 Å². The maximum Gasteiger partial charge on any atom is 0.251 e. The number of anilines is 1. The fourth-order valence-electron chi connectivity index (χ4n) is 4.85. The van der Waals surface area contributed by atoms with Gasteiger partial charge in [-0.2, -0.15) is 0 Å². The zero-order chi connectivity index (χ0) is 29.4. The second kappa shape index (κ2) is 14.1. The van der Waals surface area contributed by atoms with Crippen molar-refractivity contribution < 1.29 is 28.5 Å². The SMILES string of the molecule is COc1cccc(CNC[C@@H](O)[C@H](Cc2ccccc2)NC(=O)c2cc(OC(C)C)cc(N3CCCS3(O)O)c2)c1. The van der Waals surface area contributed by atoms with E-state index in [-0.39, 0.29) is 24.3 Å². The smallest absolute Gasteiger partial charge is 0.251 e. The van der Waals surface area contributed by atoms with Crippen LogP contribution in [0.2, 0.25) is 0 Å². The summed E-state index contributed by atoms with van der Waals surface area (Å²) in [4.78, 5) is 13.6. The van der Waals surface area contributed by atoms with E-state index in [1.54, 1.807) is 29.6 Å². The molecule has 0 radical (unpaired) electrons. The third-order valence-corrected chi connectivity index (χ3v) is 8.78. The lowest BCUT2D eigenvalue weighted by Crippen LogP contribution is -2.48. The van der Waals surface area contributed by atoms with Gasteiger partial charge in [-0.3, -0.25) is 18.2 Å². The van der Waals surface area contributed by atoms with Gasteiger partial charge in [0.05, 0.1) is 36.8 Å². The van der Waals surface area contributed by atoms with Gasteiger partial charge in [-0.25, -0.2) is 0 Å². The zero-order valence-corrected chi connectivity index (χ0v) is 24.6. The molecule has 41 heavy (non-hydrogen) atoms. The van der Waals surface area contributed by atoms with Gasteiger partial charge in [0.1, 0.15) is 11.5 Å². The first-order valence-corrected chi connectivity index (χ1v) is 15.5. The molecule has 0 unspecified atom stereocenters. The molecule has 1 aliphatic rings. The van der Waals surface area contributed by atoms with Gasteiger partial charge in [0.25, 0.3) is 5.91 Å². The number of hydrogen-bond donors (Lipinski definition) is 5. The summed E-state index contributed by atoms with van der Waals surface area (Å²) in [5.41, 5.74) is 2.83. The number of rotatable bonds is 13. The van der Waals surface area contributed by atoms with Gasteiger partial charge in [0.15, 0.2) is 0 Å². The van der Waals surface area contributed by atoms with Crippen molar-refractivity contribution in [2.24, 2.45) is 0 Å². The summed E-state index contributed by atoms with van der Waals surface area (Å²) in [5.74, 6) is 1.13. The molecule has 9 nitrogen and oxygen atoms in total. The predicted octanol–water partition coefficient (Wildman–Crippen LogP) is 4.85. The van der Waals surface area contributed by atoms with Gasteiger partial charge in [-0.1, -0.05) is 42.5 Å². The molecule has 1 fully saturated rings. The number of aliphatic hydroxyl groups excluding tert-OH is 1. The van der Waals surface area contributed by atoms with Gasteiger partial charge in [0, 0.05) is 31.3 Å². The van der Waals surface area contributed by atoms with Crippen LogP contribution in [0.15, 0.2) is 72.8 Å². The number of ether oxygens (including phenoxy) is 2. The van der Waals surface area contributed by atoms with Gasteiger partial charge in [0.2, 0.25) is 0 Å². The molecule has 2 atom stereocenters. The molecule has 0 aromatic heterocycles. The summed E-state index contributed by atoms with van der Waals surface area (Å²) >= 11 is 0. The molecule has 3 aromatic carbocycles. The van der Waals surface area contributed by atoms with E-state index in [1.165, 1.54) is 0 Å². The van der Waals surface area contributed by atoms with Crippen molar-refractivity contribution in [3.05, 3.63) is 89.5 Å². The first-order valence-electron chi connectivity index (χ1n) is 13.9. The van der Waals surface area contributed by atoms with Crippen LogP contribution in [0.1, 0.15) is 41.8 Å². The van der Waals surface area contributed by atoms with E-state index in [4.69, 9.17) is 9.47 Å². The minimum absolute atomic E-state index is 0.136. The Morgan fingerprint density at radius 1 is 1.00 bits per heavy atom. The molecule has 1 saturated heterocycles. The van der Waals surface area contributed by atoms with Crippen LogP contribution in [0.5, 0.6) is 11.5 Å². The number of hydrogen-bond acceptors (Lipinski definition) is 8. The molecule has 4 rings (SSSR count). The van der Waals surface area contributed by atoms with Crippen molar-refractivity contribution in [3.8, 4) is 11.5 Å². The van der Waals surface area contributed by atoms with Crippen LogP contribution in [0.4, 0.5) is 5.69 Å². The number of amides is 1. The maximum absolute atomic E-state index is 13.6. The third-order valence-electron chi connectivity index (χ3n) is 6.84. The average Bonchev–Trinajstić information content (AvgIpc) is 3.31. The monoisotopic (exact) mass is 583 g/mol. The fourth-order valence-corrected chi connectivity index (χ4v) is 6.45. The number of methoxy groups -OCH3 is 1. The van der Waals surface area contributed by atoms with E-state index in [2.05, 4.69) is 10.6 Å². The molecule has 1 amide bonds. The molecular weight excluding hydrogens is 542 g/mol. The summed E-state index contributed by atoms with van der Waals surface area (Å²) < 4.78 is 33.9. The van der Waals surface area contributed by atoms with Crippen LogP contribution in [0.25, 0.3) is 0 Å². The highest BCUT2D eigenvalue weighted by Crippen LogP contribution is 2.51. The highest BCUT2D eigenvalue weighted by Gasteiger charge is 2.30. The quantitative estimate of drug-likeness (QED) is 0.194. The number of aliphatic hydroxyl groups is 1. The molecular formula is C31H41N3O6S. The first-order chi connectivity index (χ1) is 19.6. The van der Waals surface area contributed by atoms with E-state index in [0.29, 0.717) is 42.9 Å². The van der Waals surface area contributed by atoms with Crippen LogP contribution in [0, 0.1) is 0 Å². The van der Waals surface area contributed by atoms with E-state index in [1.807, 2.05) is 68.4 Å². The Bertz CT molecular complexity index is 1290. The number of nitrogens with one attached hydrogen (secondary N) is 2. The average molecular weight is 584 g/mol. The molecule has 1 aliphatic heterocycles. The molecule has 5 N–H and O–H groups in total. The van der Waals surface area contributed by atoms with Crippen molar-refractivity contribution in [3.63, 3.8) is 0 Å². The second-order valence-corrected chi connectivity index (χ2v) is 12.6. The van der Waals surface area contributed by atoms with Gasteiger partial charge in [-0.15, -0.1) is 10.8 Å². The summed E-state index contributed by atoms with van der Waals surface area (Å²) in [6.45, 7) is 5.04. The van der Waals surface area contributed by atoms with Gasteiger partial charge >= 0.3 is 0 Å². The number of carbonyl (C=O) groups excluding carboxylic acids is 1. The van der Waals surface area contributed by atoms with Crippen molar-refractivity contribution in [1.29, 1.82) is 0 Å². The minimum Gasteiger partial charge on any atom is -0.497 e. The molecule has 0 bridgehead atoms. The Kier molecular flexibility index (Phi) is 10.5. The Morgan fingerprint density at radius 3 is 2.44 bits per heavy atom. The van der Waals surface area contributed by atoms with Gasteiger partial charge < -0.3 is 25.2 Å². The van der Waals surface area contributed by atoms with E-state index in [0.717, 1.165) is 16.9 Å². The largest absolute Gasteiger partial charge is 0.497 e. The highest BCUT2D eigenvalue weighted by molar-refractivity contribution is 8.25. The molecule has 222 valence electrons. The Balaban J connectivity index is 1.52. The fraction of sp³-hybridized carbons (Fsp3) is 0.387. The number of benzene rings is 3. The minimum atomic E-state index is -2.95. The third kappa shape index (κ3) is 8.61. The van der Waals surface area contributed by atoms with Gasteiger partial charge in [-0.05, 0) is 62.1 Å². The lowest BCUT2D eigenvalue weighted by molar-refractivity contribution is 0.0829. The standard InChI is InChI=1S/C31H41N3O6S/c1-22(2)40-28-18-25(17-26(19-28)34-13-8-14-41(34,37)38)31(36)33-29(16-23-9-5-4-6-10-23)30(35)21-32-20-24-11-7-12-27(15-24)39-3/h4-7,9-12,15,17-19,22,29-30,32,35,37-38H,8,13-14,16,20-21H2,1-3H3,(H,33,36)/t29-,30+/m0/s1. The molecule has 0 spiro atoms. The second-order valence-electron chi connectivity index (χ2n) is 10.5. The number of carbonyl (C=O) groups is 1. The first kappa shape index (κ1) is 30.7. The van der Waals surface area contributed by atoms with Crippen LogP contribution < -0.4 is 24.4 Å². The normalized spacial score (nSPS) is 16.7. The zero-order valence-electron chi connectivity index (χ0n) is 23.8. The van der Waals surface area contributed by atoms with Crippen molar-refractivity contribution >= 4 is 22.4 Å². The molecule has 10 heteroatoms. The Labute approximate surface area is 244 Å². The Hall–Kier alpha value is -3.28. The topological polar surface area (TPSA) is 124 Å². The van der Waals surface area contributed by atoms with E-state index >= 15 is 0 Å². The van der Waals surface area contributed by atoms with E-state index in [9.17, 15) is 19.0 Å². The lowest BCUT2D eigenvalue weighted by atomic mass is 10.00. The molecule has 0 saturated carbocycles.